The third-order valence-electron chi connectivity index (χ3n) is 3.39. The van der Waals surface area contributed by atoms with Crippen molar-refractivity contribution in [1.29, 1.82) is 0 Å². The fourth-order valence-electron chi connectivity index (χ4n) is 2.08. The molecule has 1 aliphatic rings. The summed E-state index contributed by atoms with van der Waals surface area (Å²) >= 11 is 6.20. The van der Waals surface area contributed by atoms with E-state index in [2.05, 4.69) is 31.2 Å². The Labute approximate surface area is 102 Å². The van der Waals surface area contributed by atoms with Gasteiger partial charge >= 0.3 is 0 Å². The van der Waals surface area contributed by atoms with E-state index in [1.54, 1.807) is 6.20 Å². The molecule has 1 aliphatic carbocycles. The van der Waals surface area contributed by atoms with Crippen molar-refractivity contribution in [2.75, 3.05) is 0 Å². The van der Waals surface area contributed by atoms with Crippen molar-refractivity contribution in [1.82, 2.24) is 15.1 Å². The van der Waals surface area contributed by atoms with Crippen LogP contribution in [0, 0.1) is 0 Å². The molecular formula is C12H20ClN3. The Morgan fingerprint density at radius 2 is 2.25 bits per heavy atom. The molecule has 0 amide bonds. The summed E-state index contributed by atoms with van der Waals surface area (Å²) in [5.74, 6) is 0.399. The Hall–Kier alpha value is -0.540. The summed E-state index contributed by atoms with van der Waals surface area (Å²) < 4.78 is 2.00. The lowest BCUT2D eigenvalue weighted by atomic mass is 9.99. The maximum atomic E-state index is 6.20. The molecule has 1 aromatic heterocycles. The third kappa shape index (κ3) is 2.41. The lowest BCUT2D eigenvalue weighted by Crippen LogP contribution is -2.33. The van der Waals surface area contributed by atoms with Gasteiger partial charge in [-0.05, 0) is 26.7 Å². The molecule has 0 aliphatic heterocycles. The first-order chi connectivity index (χ1) is 7.63. The van der Waals surface area contributed by atoms with Crippen molar-refractivity contribution < 1.29 is 0 Å². The standard InChI is InChI=1S/C12H20ClN3/c1-4-16-12(11(13)7-14-16)8(2)9(3)15-10-5-6-10/h7-10,15H,4-6H2,1-3H3. The van der Waals surface area contributed by atoms with Gasteiger partial charge in [-0.1, -0.05) is 18.5 Å². The van der Waals surface area contributed by atoms with Gasteiger partial charge in [0.05, 0.1) is 16.9 Å². The summed E-state index contributed by atoms with van der Waals surface area (Å²) in [7, 11) is 0. The molecular weight excluding hydrogens is 222 g/mol. The van der Waals surface area contributed by atoms with Crippen LogP contribution in [0.1, 0.15) is 45.2 Å². The summed E-state index contributed by atoms with van der Waals surface area (Å²) in [5, 5.41) is 8.70. The molecule has 1 heterocycles. The van der Waals surface area contributed by atoms with E-state index in [0.29, 0.717) is 12.0 Å². The second-order valence-electron chi connectivity index (χ2n) is 4.71. The molecule has 3 nitrogen and oxygen atoms in total. The monoisotopic (exact) mass is 241 g/mol. The highest BCUT2D eigenvalue weighted by molar-refractivity contribution is 6.31. The molecule has 90 valence electrons. The molecule has 2 unspecified atom stereocenters. The van der Waals surface area contributed by atoms with Crippen LogP contribution in [0.4, 0.5) is 0 Å². The summed E-state index contributed by atoms with van der Waals surface area (Å²) in [5.41, 5.74) is 1.16. The molecule has 0 radical (unpaired) electrons. The molecule has 0 aromatic carbocycles. The molecule has 1 N–H and O–H groups in total. The predicted molar refractivity (Wildman–Crippen MR) is 66.9 cm³/mol. The SMILES string of the molecule is CCn1ncc(Cl)c1C(C)C(C)NC1CC1. The highest BCUT2D eigenvalue weighted by Gasteiger charge is 2.27. The second-order valence-corrected chi connectivity index (χ2v) is 5.12. The summed E-state index contributed by atoms with van der Waals surface area (Å²) in [4.78, 5) is 0. The van der Waals surface area contributed by atoms with Gasteiger partial charge in [0.25, 0.3) is 0 Å². The molecule has 1 aromatic rings. The number of nitrogens with zero attached hydrogens (tertiary/aromatic N) is 2. The fraction of sp³-hybridized carbons (Fsp3) is 0.750. The van der Waals surface area contributed by atoms with E-state index in [-0.39, 0.29) is 0 Å². The van der Waals surface area contributed by atoms with Gasteiger partial charge in [-0.25, -0.2) is 0 Å². The van der Waals surface area contributed by atoms with Gasteiger partial charge in [0.2, 0.25) is 0 Å². The van der Waals surface area contributed by atoms with Gasteiger partial charge in [0, 0.05) is 24.5 Å². The quantitative estimate of drug-likeness (QED) is 0.859. The average Bonchev–Trinajstić information content (AvgIpc) is 2.99. The molecule has 4 heteroatoms. The van der Waals surface area contributed by atoms with Gasteiger partial charge in [-0.2, -0.15) is 5.10 Å². The Bertz CT molecular complexity index is 357. The van der Waals surface area contributed by atoms with E-state index >= 15 is 0 Å². The van der Waals surface area contributed by atoms with Crippen molar-refractivity contribution in [3.63, 3.8) is 0 Å². The van der Waals surface area contributed by atoms with Gasteiger partial charge in [0.1, 0.15) is 0 Å². The second kappa shape index (κ2) is 4.76. The minimum Gasteiger partial charge on any atom is -0.311 e. The van der Waals surface area contributed by atoms with Crippen molar-refractivity contribution in [3.05, 3.63) is 16.9 Å². The van der Waals surface area contributed by atoms with Crippen LogP contribution < -0.4 is 5.32 Å². The van der Waals surface area contributed by atoms with Crippen LogP contribution in [0.3, 0.4) is 0 Å². The maximum absolute atomic E-state index is 6.20. The lowest BCUT2D eigenvalue weighted by Gasteiger charge is -2.22. The molecule has 1 fully saturated rings. The van der Waals surface area contributed by atoms with Gasteiger partial charge in [-0.3, -0.25) is 4.68 Å². The van der Waals surface area contributed by atoms with E-state index in [0.717, 1.165) is 23.3 Å². The van der Waals surface area contributed by atoms with Gasteiger partial charge in [0.15, 0.2) is 0 Å². The zero-order valence-corrected chi connectivity index (χ0v) is 11.0. The van der Waals surface area contributed by atoms with Crippen LogP contribution in [0.25, 0.3) is 0 Å². The molecule has 0 saturated heterocycles. The highest BCUT2D eigenvalue weighted by Crippen LogP contribution is 2.29. The number of rotatable bonds is 5. The van der Waals surface area contributed by atoms with Crippen LogP contribution in [-0.2, 0) is 6.54 Å². The maximum Gasteiger partial charge on any atom is 0.0821 e. The number of nitrogens with one attached hydrogen (secondary N) is 1. The molecule has 2 rings (SSSR count). The third-order valence-corrected chi connectivity index (χ3v) is 3.68. The minimum absolute atomic E-state index is 0.399. The molecule has 0 bridgehead atoms. The summed E-state index contributed by atoms with van der Waals surface area (Å²) in [6.07, 6.45) is 4.39. The summed E-state index contributed by atoms with van der Waals surface area (Å²) in [6, 6.07) is 1.18. The topological polar surface area (TPSA) is 29.9 Å². The van der Waals surface area contributed by atoms with Crippen molar-refractivity contribution in [3.8, 4) is 0 Å². The fourth-order valence-corrected chi connectivity index (χ4v) is 2.39. The molecule has 1 saturated carbocycles. The normalized spacial score (nSPS) is 19.8. The number of aryl methyl sites for hydroxylation is 1. The first kappa shape index (κ1) is 11.9. The van der Waals surface area contributed by atoms with Crippen LogP contribution in [0.2, 0.25) is 5.02 Å². The number of aromatic nitrogens is 2. The zero-order valence-electron chi connectivity index (χ0n) is 10.2. The van der Waals surface area contributed by atoms with Crippen molar-refractivity contribution in [2.24, 2.45) is 0 Å². The van der Waals surface area contributed by atoms with Crippen LogP contribution in [-0.4, -0.2) is 21.9 Å². The first-order valence-electron chi connectivity index (χ1n) is 6.10. The Morgan fingerprint density at radius 3 is 2.81 bits per heavy atom. The predicted octanol–water partition coefficient (Wildman–Crippen LogP) is 2.80. The Morgan fingerprint density at radius 1 is 1.56 bits per heavy atom. The Balaban J connectivity index is 2.11. The first-order valence-corrected chi connectivity index (χ1v) is 6.48. The van der Waals surface area contributed by atoms with Crippen LogP contribution in [0.5, 0.6) is 0 Å². The van der Waals surface area contributed by atoms with Crippen LogP contribution in [0.15, 0.2) is 6.20 Å². The Kier molecular flexibility index (Phi) is 3.55. The van der Waals surface area contributed by atoms with Gasteiger partial charge in [-0.15, -0.1) is 0 Å². The van der Waals surface area contributed by atoms with E-state index in [9.17, 15) is 0 Å². The molecule has 16 heavy (non-hydrogen) atoms. The molecule has 0 spiro atoms. The smallest absolute Gasteiger partial charge is 0.0821 e. The minimum atomic E-state index is 0.399. The van der Waals surface area contributed by atoms with Crippen LogP contribution >= 0.6 is 11.6 Å². The highest BCUT2D eigenvalue weighted by atomic mass is 35.5. The number of halogens is 1. The summed E-state index contributed by atoms with van der Waals surface area (Å²) in [6.45, 7) is 7.42. The average molecular weight is 242 g/mol. The van der Waals surface area contributed by atoms with E-state index in [4.69, 9.17) is 11.6 Å². The van der Waals surface area contributed by atoms with E-state index < -0.39 is 0 Å². The van der Waals surface area contributed by atoms with Gasteiger partial charge < -0.3 is 5.32 Å². The van der Waals surface area contributed by atoms with E-state index in [1.807, 2.05) is 4.68 Å². The zero-order chi connectivity index (χ0) is 11.7. The number of hydrogen-bond donors (Lipinski definition) is 1. The molecule has 2 atom stereocenters. The van der Waals surface area contributed by atoms with Crippen molar-refractivity contribution in [2.45, 2.75) is 58.2 Å². The number of hydrogen-bond acceptors (Lipinski definition) is 2. The van der Waals surface area contributed by atoms with E-state index in [1.165, 1.54) is 12.8 Å². The largest absolute Gasteiger partial charge is 0.311 e. The van der Waals surface area contributed by atoms with Crippen molar-refractivity contribution >= 4 is 11.6 Å². The lowest BCUT2D eigenvalue weighted by molar-refractivity contribution is 0.450.